The molecule has 8 heteroatoms. The van der Waals surface area contributed by atoms with E-state index < -0.39 is 0 Å². The van der Waals surface area contributed by atoms with Crippen LogP contribution in [0.25, 0.3) is 22.8 Å². The molecule has 2 amide bonds. The van der Waals surface area contributed by atoms with Gasteiger partial charge in [-0.25, -0.2) is 4.79 Å². The highest BCUT2D eigenvalue weighted by atomic mass is 79.9. The number of aromatic nitrogens is 3. The minimum atomic E-state index is -0.226. The van der Waals surface area contributed by atoms with Gasteiger partial charge in [-0.15, -0.1) is 0 Å². The molecule has 3 aromatic rings. The van der Waals surface area contributed by atoms with E-state index in [0.29, 0.717) is 17.4 Å². The molecule has 0 radical (unpaired) electrons. The first-order valence-corrected chi connectivity index (χ1v) is 8.97. The maximum Gasteiger partial charge on any atom is 0.319 e. The van der Waals surface area contributed by atoms with E-state index in [1.165, 1.54) is 0 Å². The van der Waals surface area contributed by atoms with Gasteiger partial charge in [0.15, 0.2) is 0 Å². The van der Waals surface area contributed by atoms with Crippen molar-refractivity contribution >= 4 is 27.6 Å². The number of amides is 2. The van der Waals surface area contributed by atoms with Crippen LogP contribution in [0.15, 0.2) is 51.7 Å². The van der Waals surface area contributed by atoms with Crippen molar-refractivity contribution in [2.75, 3.05) is 5.32 Å². The van der Waals surface area contributed by atoms with Gasteiger partial charge in [-0.1, -0.05) is 12.1 Å². The molecule has 0 unspecified atom stereocenters. The zero-order valence-electron chi connectivity index (χ0n) is 14.4. The highest BCUT2D eigenvalue weighted by Crippen LogP contribution is 2.24. The normalized spacial score (nSPS) is 11.8. The highest BCUT2D eigenvalue weighted by molar-refractivity contribution is 9.10. The third-order valence-corrected chi connectivity index (χ3v) is 4.20. The summed E-state index contributed by atoms with van der Waals surface area (Å²) in [7, 11) is 0. The van der Waals surface area contributed by atoms with E-state index in [-0.39, 0.29) is 12.1 Å². The van der Waals surface area contributed by atoms with Crippen LogP contribution in [0.2, 0.25) is 0 Å². The fourth-order valence-electron chi connectivity index (χ4n) is 2.18. The van der Waals surface area contributed by atoms with E-state index in [0.717, 1.165) is 22.0 Å². The van der Waals surface area contributed by atoms with Crippen molar-refractivity contribution < 1.29 is 9.32 Å². The molecule has 7 nitrogen and oxygen atoms in total. The Kier molecular flexibility index (Phi) is 5.62. The smallest absolute Gasteiger partial charge is 0.319 e. The largest absolute Gasteiger partial charge is 0.335 e. The topological polar surface area (TPSA) is 92.9 Å². The summed E-state index contributed by atoms with van der Waals surface area (Å²) in [5.41, 5.74) is 2.21. The predicted molar refractivity (Wildman–Crippen MR) is 103 cm³/mol. The third-order valence-electron chi connectivity index (χ3n) is 3.77. The molecule has 0 aliphatic rings. The molecule has 1 atom stereocenters. The van der Waals surface area contributed by atoms with Crippen LogP contribution in [0.5, 0.6) is 0 Å². The number of pyridine rings is 1. The summed E-state index contributed by atoms with van der Waals surface area (Å²) >= 11 is 3.37. The Balaban J connectivity index is 1.70. The van der Waals surface area contributed by atoms with Gasteiger partial charge < -0.3 is 15.2 Å². The molecule has 3 rings (SSSR count). The lowest BCUT2D eigenvalue weighted by atomic mass is 10.2. The van der Waals surface area contributed by atoms with Gasteiger partial charge in [-0.2, -0.15) is 4.98 Å². The summed E-state index contributed by atoms with van der Waals surface area (Å²) in [6.45, 7) is 3.97. The first-order valence-electron chi connectivity index (χ1n) is 8.17. The molecule has 0 aliphatic carbocycles. The molecule has 0 fully saturated rings. The van der Waals surface area contributed by atoms with Crippen LogP contribution in [0, 0.1) is 0 Å². The lowest BCUT2D eigenvalue weighted by Gasteiger charge is -2.12. The van der Waals surface area contributed by atoms with Crippen LogP contribution in [-0.4, -0.2) is 27.2 Å². The van der Waals surface area contributed by atoms with Crippen molar-refractivity contribution in [3.63, 3.8) is 0 Å². The summed E-state index contributed by atoms with van der Waals surface area (Å²) in [5, 5.41) is 9.65. The molecule has 2 N–H and O–H groups in total. The maximum absolute atomic E-state index is 11.9. The first-order chi connectivity index (χ1) is 12.5. The average molecular weight is 416 g/mol. The predicted octanol–water partition coefficient (Wildman–Crippen LogP) is 4.48. The number of carbonyl (C=O) groups excluding carboxylic acids is 1. The lowest BCUT2D eigenvalue weighted by molar-refractivity contribution is 0.249. The van der Waals surface area contributed by atoms with Gasteiger partial charge in [-0.05, 0) is 59.6 Å². The number of hydrogen-bond donors (Lipinski definition) is 2. The van der Waals surface area contributed by atoms with Gasteiger partial charge in [0.2, 0.25) is 5.82 Å². The molecule has 0 spiro atoms. The molecule has 0 saturated carbocycles. The molecule has 134 valence electrons. The molecular weight excluding hydrogens is 398 g/mol. The van der Waals surface area contributed by atoms with E-state index in [9.17, 15) is 4.79 Å². The average Bonchev–Trinajstić information content (AvgIpc) is 3.12. The van der Waals surface area contributed by atoms with Crippen LogP contribution >= 0.6 is 15.9 Å². The fourth-order valence-corrected chi connectivity index (χ4v) is 2.55. The molecule has 0 saturated heterocycles. The van der Waals surface area contributed by atoms with Crippen LogP contribution in [-0.2, 0) is 0 Å². The van der Waals surface area contributed by atoms with Crippen molar-refractivity contribution in [1.29, 1.82) is 0 Å². The van der Waals surface area contributed by atoms with Crippen molar-refractivity contribution in [2.45, 2.75) is 26.3 Å². The molecule has 0 aliphatic heterocycles. The monoisotopic (exact) mass is 415 g/mol. The Morgan fingerprint density at radius 2 is 2.00 bits per heavy atom. The van der Waals surface area contributed by atoms with Gasteiger partial charge in [-0.3, -0.25) is 4.98 Å². The zero-order valence-corrected chi connectivity index (χ0v) is 15.9. The number of hydrogen-bond acceptors (Lipinski definition) is 5. The number of carbonyl (C=O) groups is 1. The second kappa shape index (κ2) is 8.09. The Bertz CT molecular complexity index is 895. The number of nitrogens with one attached hydrogen (secondary N) is 2. The minimum absolute atomic E-state index is 0.125. The molecular formula is C18H18BrN5O2. The number of urea groups is 1. The van der Waals surface area contributed by atoms with E-state index in [2.05, 4.69) is 41.7 Å². The van der Waals surface area contributed by atoms with E-state index in [4.69, 9.17) is 4.52 Å². The number of anilines is 1. The maximum atomic E-state index is 11.9. The fraction of sp³-hybridized carbons (Fsp3) is 0.222. The summed E-state index contributed by atoms with van der Waals surface area (Å²) in [4.78, 5) is 20.3. The minimum Gasteiger partial charge on any atom is -0.335 e. The van der Waals surface area contributed by atoms with Gasteiger partial charge in [0, 0.05) is 34.2 Å². The van der Waals surface area contributed by atoms with Gasteiger partial charge >= 0.3 is 6.03 Å². The molecule has 1 aromatic carbocycles. The summed E-state index contributed by atoms with van der Waals surface area (Å²) in [5.74, 6) is 0.861. The van der Waals surface area contributed by atoms with Gasteiger partial charge in [0.05, 0.1) is 5.56 Å². The second-order valence-corrected chi connectivity index (χ2v) is 6.72. The summed E-state index contributed by atoms with van der Waals surface area (Å²) < 4.78 is 6.14. The quantitative estimate of drug-likeness (QED) is 0.640. The lowest BCUT2D eigenvalue weighted by Crippen LogP contribution is -2.35. The summed E-state index contributed by atoms with van der Waals surface area (Å²) in [6.07, 6.45) is 4.22. The molecule has 0 bridgehead atoms. The van der Waals surface area contributed by atoms with Crippen LogP contribution in [0.4, 0.5) is 10.5 Å². The zero-order chi connectivity index (χ0) is 18.5. The second-order valence-electron chi connectivity index (χ2n) is 5.80. The van der Waals surface area contributed by atoms with Crippen molar-refractivity contribution in [1.82, 2.24) is 20.4 Å². The number of halogens is 1. The van der Waals surface area contributed by atoms with E-state index >= 15 is 0 Å². The van der Waals surface area contributed by atoms with Gasteiger partial charge in [0.25, 0.3) is 5.89 Å². The standard InChI is InChI=1S/C18H18BrN5O2/c1-3-11(2)21-18(25)22-15-6-4-12(5-7-15)16-23-17(26-24-16)13-8-14(19)10-20-9-13/h4-11H,3H2,1-2H3,(H2,21,22,25)/t11-/m1/s1. The number of benzene rings is 1. The highest BCUT2D eigenvalue weighted by Gasteiger charge is 2.12. The van der Waals surface area contributed by atoms with E-state index in [1.54, 1.807) is 24.5 Å². The number of nitrogens with zero attached hydrogens (tertiary/aromatic N) is 3. The van der Waals surface area contributed by atoms with Crippen LogP contribution < -0.4 is 10.6 Å². The third kappa shape index (κ3) is 4.45. The Labute approximate surface area is 159 Å². The Morgan fingerprint density at radius 1 is 1.23 bits per heavy atom. The van der Waals surface area contributed by atoms with E-state index in [1.807, 2.05) is 32.0 Å². The van der Waals surface area contributed by atoms with Crippen molar-refractivity contribution in [3.8, 4) is 22.8 Å². The van der Waals surface area contributed by atoms with Crippen LogP contribution in [0.3, 0.4) is 0 Å². The Hall–Kier alpha value is -2.74. The Morgan fingerprint density at radius 3 is 2.69 bits per heavy atom. The molecule has 2 aromatic heterocycles. The van der Waals surface area contributed by atoms with Gasteiger partial charge in [0.1, 0.15) is 0 Å². The summed E-state index contributed by atoms with van der Waals surface area (Å²) in [6, 6.07) is 8.99. The first kappa shape index (κ1) is 18.1. The van der Waals surface area contributed by atoms with Crippen molar-refractivity contribution in [3.05, 3.63) is 47.2 Å². The van der Waals surface area contributed by atoms with Crippen LogP contribution in [0.1, 0.15) is 20.3 Å². The van der Waals surface area contributed by atoms with Crippen molar-refractivity contribution in [2.24, 2.45) is 0 Å². The number of rotatable bonds is 5. The molecule has 2 heterocycles. The SMILES string of the molecule is CC[C@@H](C)NC(=O)Nc1ccc(-c2noc(-c3cncc(Br)c3)n2)cc1. The molecule has 26 heavy (non-hydrogen) atoms.